The quantitative estimate of drug-likeness (QED) is 0.674. The number of rotatable bonds is 6. The van der Waals surface area contributed by atoms with Crippen LogP contribution in [0.4, 0.5) is 24.5 Å². The predicted octanol–water partition coefficient (Wildman–Crippen LogP) is 2.36. The molecule has 3 N–H and O–H groups in total. The fourth-order valence-electron chi connectivity index (χ4n) is 2.15. The average molecular weight is 379 g/mol. The van der Waals surface area contributed by atoms with E-state index in [2.05, 4.69) is 10.6 Å². The molecule has 0 bridgehead atoms. The molecule has 0 heterocycles. The first-order valence-corrected chi connectivity index (χ1v) is 7.83. The minimum Gasteiger partial charge on any atom is -0.347 e. The minimum absolute atomic E-state index is 0.0207. The summed E-state index contributed by atoms with van der Waals surface area (Å²) < 4.78 is 39.4. The first kappa shape index (κ1) is 20.0. The summed E-state index contributed by atoms with van der Waals surface area (Å²) >= 11 is 0. The summed E-state index contributed by atoms with van der Waals surface area (Å²) in [7, 11) is 0. The van der Waals surface area contributed by atoms with Gasteiger partial charge >= 0.3 is 0 Å². The van der Waals surface area contributed by atoms with E-state index in [0.717, 1.165) is 6.07 Å². The van der Waals surface area contributed by atoms with Gasteiger partial charge in [-0.15, -0.1) is 0 Å². The zero-order valence-electron chi connectivity index (χ0n) is 14.2. The molecule has 6 nitrogen and oxygen atoms in total. The third kappa shape index (κ3) is 5.84. The Bertz CT molecular complexity index is 870. The van der Waals surface area contributed by atoms with E-state index < -0.39 is 41.5 Å². The summed E-state index contributed by atoms with van der Waals surface area (Å²) in [6.45, 7) is 0.903. The van der Waals surface area contributed by atoms with Gasteiger partial charge in [0.15, 0.2) is 17.5 Å². The lowest BCUT2D eigenvalue weighted by Crippen LogP contribution is -2.34. The molecule has 27 heavy (non-hydrogen) atoms. The zero-order chi connectivity index (χ0) is 20.0. The van der Waals surface area contributed by atoms with Crippen LogP contribution in [0.5, 0.6) is 0 Å². The number of halogens is 3. The van der Waals surface area contributed by atoms with E-state index >= 15 is 0 Å². The van der Waals surface area contributed by atoms with E-state index in [1.54, 1.807) is 24.3 Å². The van der Waals surface area contributed by atoms with Crippen LogP contribution in [0.2, 0.25) is 0 Å². The Balaban J connectivity index is 1.84. The van der Waals surface area contributed by atoms with Gasteiger partial charge in [-0.1, -0.05) is 12.1 Å². The van der Waals surface area contributed by atoms with Crippen LogP contribution in [0.25, 0.3) is 0 Å². The summed E-state index contributed by atoms with van der Waals surface area (Å²) in [6, 6.07) is 8.09. The summed E-state index contributed by atoms with van der Waals surface area (Å²) in [4.78, 5) is 34.5. The van der Waals surface area contributed by atoms with Crippen molar-refractivity contribution < 1.29 is 27.6 Å². The Labute approximate surface area is 152 Å². The van der Waals surface area contributed by atoms with Gasteiger partial charge in [0, 0.05) is 12.6 Å². The second kappa shape index (κ2) is 8.84. The maximum atomic E-state index is 13.5. The molecular formula is C18H16F3N3O3. The van der Waals surface area contributed by atoms with Crippen molar-refractivity contribution in [2.75, 3.05) is 17.2 Å². The lowest BCUT2D eigenvalue weighted by Gasteiger charge is -2.09. The van der Waals surface area contributed by atoms with E-state index in [-0.39, 0.29) is 12.3 Å². The van der Waals surface area contributed by atoms with Gasteiger partial charge in [-0.2, -0.15) is 0 Å². The molecule has 0 spiro atoms. The maximum absolute atomic E-state index is 13.5. The molecule has 0 aliphatic rings. The number of hydrogen-bond donors (Lipinski definition) is 3. The maximum Gasteiger partial charge on any atom is 0.243 e. The Kier molecular flexibility index (Phi) is 6.53. The molecule has 0 unspecified atom stereocenters. The van der Waals surface area contributed by atoms with Crippen molar-refractivity contribution in [3.05, 3.63) is 59.4 Å². The molecular weight excluding hydrogens is 363 g/mol. The van der Waals surface area contributed by atoms with Crippen molar-refractivity contribution >= 4 is 29.1 Å². The normalized spacial score (nSPS) is 10.2. The van der Waals surface area contributed by atoms with E-state index in [0.29, 0.717) is 17.3 Å². The first-order valence-electron chi connectivity index (χ1n) is 7.83. The van der Waals surface area contributed by atoms with Crippen molar-refractivity contribution in [2.24, 2.45) is 0 Å². The van der Waals surface area contributed by atoms with E-state index in [4.69, 9.17) is 0 Å². The molecule has 2 aromatic carbocycles. The smallest absolute Gasteiger partial charge is 0.243 e. The number of nitrogens with one attached hydrogen (secondary N) is 3. The minimum atomic E-state index is -1.69. The van der Waals surface area contributed by atoms with Crippen LogP contribution >= 0.6 is 0 Å². The Morgan fingerprint density at radius 3 is 2.15 bits per heavy atom. The van der Waals surface area contributed by atoms with Crippen LogP contribution in [0.1, 0.15) is 12.5 Å². The highest BCUT2D eigenvalue weighted by atomic mass is 19.2. The molecule has 9 heteroatoms. The lowest BCUT2D eigenvalue weighted by atomic mass is 10.1. The number of carbonyl (C=O) groups excluding carboxylic acids is 3. The third-order valence-electron chi connectivity index (χ3n) is 3.39. The summed E-state index contributed by atoms with van der Waals surface area (Å²) in [6.07, 6.45) is -0.0207. The molecule has 0 atom stereocenters. The van der Waals surface area contributed by atoms with Crippen molar-refractivity contribution in [3.63, 3.8) is 0 Å². The Morgan fingerprint density at radius 1 is 0.852 bits per heavy atom. The number of carbonyl (C=O) groups is 3. The lowest BCUT2D eigenvalue weighted by molar-refractivity contribution is -0.123. The highest BCUT2D eigenvalue weighted by Gasteiger charge is 2.15. The van der Waals surface area contributed by atoms with Crippen LogP contribution in [0.15, 0.2) is 36.4 Å². The molecule has 142 valence electrons. The first-order chi connectivity index (χ1) is 12.8. The van der Waals surface area contributed by atoms with E-state index in [1.807, 2.05) is 5.32 Å². The number of hydrogen-bond acceptors (Lipinski definition) is 3. The number of anilines is 2. The van der Waals surface area contributed by atoms with Gasteiger partial charge < -0.3 is 16.0 Å². The predicted molar refractivity (Wildman–Crippen MR) is 92.4 cm³/mol. The standard InChI is InChI=1S/C18H16F3N3O3/c1-10(25)23-12-4-2-11(3-5-12)8-15(26)22-9-16(27)24-14-7-6-13(19)17(20)18(14)21/h2-7H,8-9H2,1H3,(H,22,26)(H,23,25)(H,24,27). The van der Waals surface area contributed by atoms with E-state index in [1.165, 1.54) is 6.92 Å². The molecule has 2 rings (SSSR count). The van der Waals surface area contributed by atoms with Gasteiger partial charge in [-0.25, -0.2) is 13.2 Å². The highest BCUT2D eigenvalue weighted by molar-refractivity contribution is 5.95. The molecule has 0 fully saturated rings. The Hall–Kier alpha value is -3.36. The molecule has 3 amide bonds. The molecule has 0 aromatic heterocycles. The van der Waals surface area contributed by atoms with Crippen molar-refractivity contribution in [1.82, 2.24) is 5.32 Å². The van der Waals surface area contributed by atoms with Crippen molar-refractivity contribution in [1.29, 1.82) is 0 Å². The van der Waals surface area contributed by atoms with Gasteiger partial charge in [0.1, 0.15) is 0 Å². The molecule has 0 aliphatic heterocycles. The summed E-state index contributed by atoms with van der Waals surface area (Å²) in [5.74, 6) is -6.07. The SMILES string of the molecule is CC(=O)Nc1ccc(CC(=O)NCC(=O)Nc2ccc(F)c(F)c2F)cc1. The monoisotopic (exact) mass is 379 g/mol. The van der Waals surface area contributed by atoms with Crippen LogP contribution in [-0.2, 0) is 20.8 Å². The molecule has 2 aromatic rings. The molecule has 0 saturated carbocycles. The topological polar surface area (TPSA) is 87.3 Å². The zero-order valence-corrected chi connectivity index (χ0v) is 14.2. The molecule has 0 radical (unpaired) electrons. The summed E-state index contributed by atoms with van der Waals surface area (Å²) in [5, 5.41) is 6.97. The second-order valence-corrected chi connectivity index (χ2v) is 5.60. The van der Waals surface area contributed by atoms with E-state index in [9.17, 15) is 27.6 Å². The van der Waals surface area contributed by atoms with Crippen LogP contribution < -0.4 is 16.0 Å². The highest BCUT2D eigenvalue weighted by Crippen LogP contribution is 2.19. The second-order valence-electron chi connectivity index (χ2n) is 5.60. The molecule has 0 saturated heterocycles. The fraction of sp³-hybridized carbons (Fsp3) is 0.167. The van der Waals surface area contributed by atoms with Gasteiger partial charge in [-0.05, 0) is 29.8 Å². The van der Waals surface area contributed by atoms with Crippen molar-refractivity contribution in [3.8, 4) is 0 Å². The van der Waals surface area contributed by atoms with Crippen molar-refractivity contribution in [2.45, 2.75) is 13.3 Å². The third-order valence-corrected chi connectivity index (χ3v) is 3.39. The number of amides is 3. The van der Waals surface area contributed by atoms with Crippen LogP contribution in [-0.4, -0.2) is 24.3 Å². The fourth-order valence-corrected chi connectivity index (χ4v) is 2.15. The number of benzene rings is 2. The average Bonchev–Trinajstić information content (AvgIpc) is 2.62. The van der Waals surface area contributed by atoms with Crippen LogP contribution in [0.3, 0.4) is 0 Å². The van der Waals surface area contributed by atoms with Crippen LogP contribution in [0, 0.1) is 17.5 Å². The van der Waals surface area contributed by atoms with Gasteiger partial charge in [0.2, 0.25) is 17.7 Å². The Morgan fingerprint density at radius 2 is 1.52 bits per heavy atom. The summed E-state index contributed by atoms with van der Waals surface area (Å²) in [5.41, 5.74) is 0.704. The largest absolute Gasteiger partial charge is 0.347 e. The van der Waals surface area contributed by atoms with Gasteiger partial charge in [0.25, 0.3) is 0 Å². The van der Waals surface area contributed by atoms with Gasteiger partial charge in [0.05, 0.1) is 18.7 Å². The molecule has 0 aliphatic carbocycles. The van der Waals surface area contributed by atoms with Gasteiger partial charge in [-0.3, -0.25) is 14.4 Å².